The molecule has 0 radical (unpaired) electrons. The van der Waals surface area contributed by atoms with Gasteiger partial charge in [0, 0.05) is 56.1 Å². The molecule has 2 atom stereocenters. The maximum absolute atomic E-state index is 13.7. The number of amides is 3. The highest BCUT2D eigenvalue weighted by molar-refractivity contribution is 6.31. The number of halogens is 1. The van der Waals surface area contributed by atoms with Crippen LogP contribution in [-0.2, 0) is 9.59 Å². The van der Waals surface area contributed by atoms with E-state index in [-0.39, 0.29) is 29.6 Å². The summed E-state index contributed by atoms with van der Waals surface area (Å²) in [5.74, 6) is 0.232. The monoisotopic (exact) mass is 447 g/mol. The average Bonchev–Trinajstić information content (AvgIpc) is 3.47. The fraction of sp³-hybridized carbons (Fsp3) is 0.609. The lowest BCUT2D eigenvalue weighted by Gasteiger charge is -2.32. The number of hydrogen-bond donors (Lipinski definition) is 0. The molecule has 0 aromatic heterocycles. The molecular formula is C23H30ClN3O4. The van der Waals surface area contributed by atoms with Crippen molar-refractivity contribution >= 4 is 29.3 Å². The molecule has 3 fully saturated rings. The Balaban J connectivity index is 1.63. The van der Waals surface area contributed by atoms with Gasteiger partial charge < -0.3 is 19.4 Å². The second kappa shape index (κ2) is 8.34. The SMILES string of the molecule is COc1ccc(Cl)cc1C(=O)N1C[C@@H]2CN(C(=O)C(C)C)C[C@]2(C(=O)N2CCCC2)C1. The third kappa shape index (κ3) is 3.77. The molecule has 0 saturated carbocycles. The number of ether oxygens (including phenoxy) is 1. The predicted octanol–water partition coefficient (Wildman–Crippen LogP) is 2.53. The van der Waals surface area contributed by atoms with Crippen LogP contribution in [0.15, 0.2) is 18.2 Å². The highest BCUT2D eigenvalue weighted by Crippen LogP contribution is 2.45. The average molecular weight is 448 g/mol. The van der Waals surface area contributed by atoms with E-state index >= 15 is 0 Å². The Bertz CT molecular complexity index is 899. The van der Waals surface area contributed by atoms with Gasteiger partial charge in [-0.15, -0.1) is 0 Å². The molecule has 0 aliphatic carbocycles. The molecule has 0 bridgehead atoms. The number of hydrogen-bond acceptors (Lipinski definition) is 4. The maximum atomic E-state index is 13.7. The van der Waals surface area contributed by atoms with Gasteiger partial charge in [-0.3, -0.25) is 14.4 Å². The van der Waals surface area contributed by atoms with Crippen LogP contribution in [0.3, 0.4) is 0 Å². The van der Waals surface area contributed by atoms with Crippen LogP contribution >= 0.6 is 11.6 Å². The fourth-order valence-corrected chi connectivity index (χ4v) is 5.48. The summed E-state index contributed by atoms with van der Waals surface area (Å²) >= 11 is 6.14. The lowest BCUT2D eigenvalue weighted by Crippen LogP contribution is -2.49. The van der Waals surface area contributed by atoms with E-state index < -0.39 is 5.41 Å². The first-order valence-electron chi connectivity index (χ1n) is 11.0. The number of carbonyl (C=O) groups excluding carboxylic acids is 3. The summed E-state index contributed by atoms with van der Waals surface area (Å²) in [6, 6.07) is 4.98. The van der Waals surface area contributed by atoms with Crippen LogP contribution in [-0.4, -0.2) is 78.8 Å². The van der Waals surface area contributed by atoms with Crippen molar-refractivity contribution in [1.82, 2.24) is 14.7 Å². The lowest BCUT2D eigenvalue weighted by atomic mass is 9.79. The van der Waals surface area contributed by atoms with Crippen molar-refractivity contribution in [3.05, 3.63) is 28.8 Å². The second-order valence-corrected chi connectivity index (χ2v) is 9.69. The van der Waals surface area contributed by atoms with Crippen molar-refractivity contribution in [2.45, 2.75) is 26.7 Å². The number of fused-ring (bicyclic) bond motifs is 1. The zero-order chi connectivity index (χ0) is 22.3. The summed E-state index contributed by atoms with van der Waals surface area (Å²) in [7, 11) is 1.52. The lowest BCUT2D eigenvalue weighted by molar-refractivity contribution is -0.141. The maximum Gasteiger partial charge on any atom is 0.257 e. The van der Waals surface area contributed by atoms with E-state index in [0.29, 0.717) is 42.5 Å². The summed E-state index contributed by atoms with van der Waals surface area (Å²) in [5, 5.41) is 0.458. The zero-order valence-electron chi connectivity index (χ0n) is 18.4. The fourth-order valence-electron chi connectivity index (χ4n) is 5.31. The van der Waals surface area contributed by atoms with Crippen LogP contribution in [0.25, 0.3) is 0 Å². The number of carbonyl (C=O) groups is 3. The van der Waals surface area contributed by atoms with E-state index in [4.69, 9.17) is 16.3 Å². The van der Waals surface area contributed by atoms with E-state index in [1.165, 1.54) is 7.11 Å². The molecule has 0 spiro atoms. The number of nitrogens with zero attached hydrogens (tertiary/aromatic N) is 3. The van der Waals surface area contributed by atoms with Gasteiger partial charge in [-0.25, -0.2) is 0 Å². The van der Waals surface area contributed by atoms with Crippen LogP contribution in [0.4, 0.5) is 0 Å². The van der Waals surface area contributed by atoms with Gasteiger partial charge in [0.05, 0.1) is 18.1 Å². The minimum atomic E-state index is -0.740. The van der Waals surface area contributed by atoms with Crippen molar-refractivity contribution in [3.63, 3.8) is 0 Å². The number of benzene rings is 1. The second-order valence-electron chi connectivity index (χ2n) is 9.26. The van der Waals surface area contributed by atoms with Crippen LogP contribution in [0, 0.1) is 17.3 Å². The van der Waals surface area contributed by atoms with Gasteiger partial charge in [-0.1, -0.05) is 25.4 Å². The molecule has 3 aliphatic heterocycles. The summed E-state index contributed by atoms with van der Waals surface area (Å²) in [6.45, 7) is 6.90. The van der Waals surface area contributed by atoms with Gasteiger partial charge in [0.1, 0.15) is 5.75 Å². The molecule has 1 aromatic carbocycles. The molecule has 168 valence electrons. The Morgan fingerprint density at radius 1 is 1.06 bits per heavy atom. The van der Waals surface area contributed by atoms with Crippen molar-refractivity contribution in [2.24, 2.45) is 17.3 Å². The van der Waals surface area contributed by atoms with Crippen molar-refractivity contribution < 1.29 is 19.1 Å². The van der Waals surface area contributed by atoms with Gasteiger partial charge in [0.2, 0.25) is 11.8 Å². The Morgan fingerprint density at radius 3 is 2.35 bits per heavy atom. The molecule has 1 aromatic rings. The largest absolute Gasteiger partial charge is 0.496 e. The van der Waals surface area contributed by atoms with Gasteiger partial charge in [-0.2, -0.15) is 0 Å². The van der Waals surface area contributed by atoms with Crippen LogP contribution in [0.5, 0.6) is 5.75 Å². The van der Waals surface area contributed by atoms with E-state index in [1.807, 2.05) is 23.6 Å². The van der Waals surface area contributed by atoms with Gasteiger partial charge in [0.15, 0.2) is 0 Å². The Kier molecular flexibility index (Phi) is 5.90. The van der Waals surface area contributed by atoms with Crippen LogP contribution in [0.2, 0.25) is 5.02 Å². The molecular weight excluding hydrogens is 418 g/mol. The summed E-state index contributed by atoms with van der Waals surface area (Å²) < 4.78 is 5.37. The molecule has 0 unspecified atom stereocenters. The van der Waals surface area contributed by atoms with Gasteiger partial charge >= 0.3 is 0 Å². The summed E-state index contributed by atoms with van der Waals surface area (Å²) in [5.41, 5.74) is -0.343. The molecule has 3 aliphatic rings. The molecule has 0 N–H and O–H groups in total. The normalized spacial score (nSPS) is 25.3. The molecule has 3 saturated heterocycles. The Hall–Kier alpha value is -2.28. The molecule has 4 rings (SSSR count). The first kappa shape index (κ1) is 21.9. The molecule has 31 heavy (non-hydrogen) atoms. The third-order valence-electron chi connectivity index (χ3n) is 6.91. The highest BCUT2D eigenvalue weighted by Gasteiger charge is 2.60. The summed E-state index contributed by atoms with van der Waals surface area (Å²) in [6.07, 6.45) is 2.01. The minimum Gasteiger partial charge on any atom is -0.496 e. The van der Waals surface area contributed by atoms with Crippen molar-refractivity contribution in [2.75, 3.05) is 46.4 Å². The number of likely N-dealkylation sites (tertiary alicyclic amines) is 3. The van der Waals surface area contributed by atoms with Crippen LogP contribution < -0.4 is 4.74 Å². The first-order valence-corrected chi connectivity index (χ1v) is 11.4. The Labute approximate surface area is 188 Å². The zero-order valence-corrected chi connectivity index (χ0v) is 19.2. The Morgan fingerprint density at radius 2 is 1.71 bits per heavy atom. The smallest absolute Gasteiger partial charge is 0.257 e. The minimum absolute atomic E-state index is 0.0670. The first-order chi connectivity index (χ1) is 14.8. The standard InChI is InChI=1S/C23H30ClN3O4/c1-15(2)20(28)26-11-16-12-27(21(29)18-10-17(24)6-7-19(18)31-3)14-23(16,13-26)22(30)25-8-4-5-9-25/h6-7,10,15-16H,4-5,8-9,11-14H2,1-3H3/t16-,23-/m0/s1. The van der Waals surface area contributed by atoms with Crippen molar-refractivity contribution in [1.29, 1.82) is 0 Å². The van der Waals surface area contributed by atoms with Crippen LogP contribution in [0.1, 0.15) is 37.0 Å². The molecule has 3 heterocycles. The topological polar surface area (TPSA) is 70.2 Å². The third-order valence-corrected chi connectivity index (χ3v) is 7.15. The van der Waals surface area contributed by atoms with E-state index in [9.17, 15) is 14.4 Å². The molecule has 3 amide bonds. The van der Waals surface area contributed by atoms with Gasteiger partial charge in [-0.05, 0) is 31.0 Å². The number of methoxy groups -OCH3 is 1. The van der Waals surface area contributed by atoms with E-state index in [1.54, 1.807) is 23.1 Å². The van der Waals surface area contributed by atoms with E-state index in [0.717, 1.165) is 25.9 Å². The van der Waals surface area contributed by atoms with Crippen molar-refractivity contribution in [3.8, 4) is 5.75 Å². The van der Waals surface area contributed by atoms with E-state index in [2.05, 4.69) is 0 Å². The summed E-state index contributed by atoms with van der Waals surface area (Å²) in [4.78, 5) is 45.3. The predicted molar refractivity (Wildman–Crippen MR) is 117 cm³/mol. The number of rotatable bonds is 4. The quantitative estimate of drug-likeness (QED) is 0.711. The van der Waals surface area contributed by atoms with Gasteiger partial charge in [0.25, 0.3) is 5.91 Å². The highest BCUT2D eigenvalue weighted by atomic mass is 35.5. The molecule has 7 nitrogen and oxygen atoms in total. The molecule has 8 heteroatoms.